The molecule has 0 N–H and O–H groups in total. The Morgan fingerprint density at radius 2 is 1.35 bits per heavy atom. The molecule has 2 aliphatic heterocycles. The van der Waals surface area contributed by atoms with E-state index >= 15 is 0 Å². The van der Waals surface area contributed by atoms with E-state index in [2.05, 4.69) is 37.8 Å². The number of allylic oxidation sites excluding steroid dienone is 2. The smallest absolute Gasteiger partial charge is 0.0879 e. The summed E-state index contributed by atoms with van der Waals surface area (Å²) in [5, 5.41) is 0. The van der Waals surface area contributed by atoms with Crippen LogP contribution in [0.15, 0.2) is 37.0 Å². The van der Waals surface area contributed by atoms with Crippen LogP contribution in [0.2, 0.25) is 0 Å². The molecule has 2 fully saturated rings. The van der Waals surface area contributed by atoms with Crippen LogP contribution < -0.4 is 0 Å². The van der Waals surface area contributed by atoms with Gasteiger partial charge in [0.15, 0.2) is 0 Å². The summed E-state index contributed by atoms with van der Waals surface area (Å²) >= 11 is 0. The third kappa shape index (κ3) is 7.99. The maximum Gasteiger partial charge on any atom is 0.0879 e. The van der Waals surface area contributed by atoms with Gasteiger partial charge in [-0.25, -0.2) is 0 Å². The minimum Gasteiger partial charge on any atom is -0.369 e. The van der Waals surface area contributed by atoms with Crippen LogP contribution in [0.1, 0.15) is 71.1 Å². The molecule has 0 saturated carbocycles. The third-order valence-electron chi connectivity index (χ3n) is 4.69. The van der Waals surface area contributed by atoms with E-state index in [1.54, 1.807) is 0 Å². The summed E-state index contributed by atoms with van der Waals surface area (Å²) in [5.74, 6) is 0. The first kappa shape index (κ1) is 18.5. The zero-order valence-electron chi connectivity index (χ0n) is 14.8. The molecule has 0 aromatic carbocycles. The molecule has 0 radical (unpaired) electrons. The Hall–Kier alpha value is -0.860. The summed E-state index contributed by atoms with van der Waals surface area (Å²) in [6.07, 6.45) is 24.9. The molecular weight excluding hydrogens is 284 g/mol. The Balaban J connectivity index is 1.42. The van der Waals surface area contributed by atoms with Gasteiger partial charge in [0.25, 0.3) is 0 Å². The van der Waals surface area contributed by atoms with Crippen LogP contribution in [-0.2, 0) is 9.47 Å². The van der Waals surface area contributed by atoms with Crippen molar-refractivity contribution in [3.8, 4) is 0 Å². The van der Waals surface area contributed by atoms with E-state index in [1.807, 2.05) is 6.08 Å². The Bertz CT molecular complexity index is 385. The molecule has 2 heterocycles. The predicted octanol–water partition coefficient (Wildman–Crippen LogP) is 5.74. The summed E-state index contributed by atoms with van der Waals surface area (Å²) in [6.45, 7) is 5.99. The lowest BCUT2D eigenvalue weighted by atomic mass is 10.1. The number of hydrogen-bond donors (Lipinski definition) is 0. The largest absolute Gasteiger partial charge is 0.369 e. The van der Waals surface area contributed by atoms with E-state index in [0.717, 1.165) is 32.1 Å². The van der Waals surface area contributed by atoms with E-state index in [-0.39, 0.29) is 0 Å². The molecule has 0 bridgehead atoms. The topological polar surface area (TPSA) is 25.1 Å². The molecule has 2 saturated heterocycles. The standard InChI is InChI=1S/C21H34O2/c1-3-5-7-8-9-11-15-19-21(23-19)17-13-12-16-20-18(22-20)14-10-6-4-2/h3,9,11-13,18-21H,1,4-8,10,14-17H2,2H3. The summed E-state index contributed by atoms with van der Waals surface area (Å²) in [4.78, 5) is 0. The van der Waals surface area contributed by atoms with Gasteiger partial charge in [-0.1, -0.05) is 56.6 Å². The third-order valence-corrected chi connectivity index (χ3v) is 4.69. The molecule has 2 heteroatoms. The molecule has 2 nitrogen and oxygen atoms in total. The van der Waals surface area contributed by atoms with Crippen LogP contribution in [0.4, 0.5) is 0 Å². The highest BCUT2D eigenvalue weighted by Crippen LogP contribution is 2.31. The maximum absolute atomic E-state index is 5.70. The van der Waals surface area contributed by atoms with Crippen LogP contribution >= 0.6 is 0 Å². The minimum atomic E-state index is 0.449. The van der Waals surface area contributed by atoms with Crippen molar-refractivity contribution in [3.05, 3.63) is 37.0 Å². The molecule has 2 rings (SSSR count). The van der Waals surface area contributed by atoms with Crippen LogP contribution in [0.5, 0.6) is 0 Å². The van der Waals surface area contributed by atoms with Gasteiger partial charge >= 0.3 is 0 Å². The Morgan fingerprint density at radius 1 is 0.739 bits per heavy atom. The summed E-state index contributed by atoms with van der Waals surface area (Å²) in [5.41, 5.74) is 0. The van der Waals surface area contributed by atoms with Crippen LogP contribution in [0.3, 0.4) is 0 Å². The second-order valence-electron chi connectivity index (χ2n) is 6.79. The fourth-order valence-electron chi connectivity index (χ4n) is 3.02. The van der Waals surface area contributed by atoms with Crippen molar-refractivity contribution in [2.75, 3.05) is 0 Å². The zero-order valence-corrected chi connectivity index (χ0v) is 14.8. The molecule has 0 amide bonds. The number of epoxide rings is 2. The number of unbranched alkanes of at least 4 members (excludes halogenated alkanes) is 4. The maximum atomic E-state index is 5.70. The van der Waals surface area contributed by atoms with Gasteiger partial charge in [-0.2, -0.15) is 0 Å². The van der Waals surface area contributed by atoms with Gasteiger partial charge in [0.1, 0.15) is 0 Å². The highest BCUT2D eigenvalue weighted by molar-refractivity contribution is 5.00. The molecule has 4 unspecified atom stereocenters. The van der Waals surface area contributed by atoms with Crippen molar-refractivity contribution in [2.24, 2.45) is 0 Å². The molecule has 2 aliphatic rings. The first-order valence-corrected chi connectivity index (χ1v) is 9.57. The van der Waals surface area contributed by atoms with Gasteiger partial charge in [-0.3, -0.25) is 0 Å². The van der Waals surface area contributed by atoms with Crippen molar-refractivity contribution < 1.29 is 9.47 Å². The van der Waals surface area contributed by atoms with Crippen LogP contribution in [0.25, 0.3) is 0 Å². The van der Waals surface area contributed by atoms with Gasteiger partial charge in [-0.05, 0) is 44.9 Å². The number of hydrogen-bond acceptors (Lipinski definition) is 2. The van der Waals surface area contributed by atoms with Gasteiger partial charge in [0.2, 0.25) is 0 Å². The quantitative estimate of drug-likeness (QED) is 0.232. The average Bonchev–Trinajstić information content (AvgIpc) is 3.45. The summed E-state index contributed by atoms with van der Waals surface area (Å²) in [6, 6.07) is 0. The first-order chi connectivity index (χ1) is 11.3. The Labute approximate surface area is 142 Å². The lowest BCUT2D eigenvalue weighted by Gasteiger charge is -1.93. The molecule has 0 aromatic rings. The average molecular weight is 319 g/mol. The lowest BCUT2D eigenvalue weighted by Crippen LogP contribution is -1.93. The molecule has 23 heavy (non-hydrogen) atoms. The minimum absolute atomic E-state index is 0.449. The zero-order chi connectivity index (χ0) is 16.3. The Kier molecular flexibility index (Phi) is 8.70. The summed E-state index contributed by atoms with van der Waals surface area (Å²) in [7, 11) is 0. The number of rotatable bonds is 14. The molecular formula is C21H34O2. The molecule has 0 spiro atoms. The fourth-order valence-corrected chi connectivity index (χ4v) is 3.02. The van der Waals surface area contributed by atoms with E-state index in [0.29, 0.717) is 24.4 Å². The van der Waals surface area contributed by atoms with Crippen molar-refractivity contribution in [1.82, 2.24) is 0 Å². The molecule has 0 aliphatic carbocycles. The number of ether oxygens (including phenoxy) is 2. The van der Waals surface area contributed by atoms with Crippen molar-refractivity contribution in [3.63, 3.8) is 0 Å². The van der Waals surface area contributed by atoms with E-state index in [4.69, 9.17) is 9.47 Å². The van der Waals surface area contributed by atoms with Crippen molar-refractivity contribution in [2.45, 2.75) is 95.5 Å². The van der Waals surface area contributed by atoms with E-state index < -0.39 is 0 Å². The monoisotopic (exact) mass is 318 g/mol. The Morgan fingerprint density at radius 3 is 2.00 bits per heavy atom. The lowest BCUT2D eigenvalue weighted by molar-refractivity contribution is 0.358. The molecule has 130 valence electrons. The van der Waals surface area contributed by atoms with Gasteiger partial charge in [-0.15, -0.1) is 6.58 Å². The van der Waals surface area contributed by atoms with Gasteiger partial charge in [0, 0.05) is 0 Å². The van der Waals surface area contributed by atoms with Crippen molar-refractivity contribution >= 4 is 0 Å². The van der Waals surface area contributed by atoms with E-state index in [9.17, 15) is 0 Å². The molecule has 4 atom stereocenters. The van der Waals surface area contributed by atoms with Crippen molar-refractivity contribution in [1.29, 1.82) is 0 Å². The van der Waals surface area contributed by atoms with Crippen LogP contribution in [0, 0.1) is 0 Å². The highest BCUT2D eigenvalue weighted by Gasteiger charge is 2.37. The summed E-state index contributed by atoms with van der Waals surface area (Å²) < 4.78 is 11.4. The van der Waals surface area contributed by atoms with Gasteiger partial charge in [0.05, 0.1) is 24.4 Å². The fraction of sp³-hybridized carbons (Fsp3) is 0.714. The second-order valence-corrected chi connectivity index (χ2v) is 6.79. The first-order valence-electron chi connectivity index (χ1n) is 9.57. The molecule has 0 aromatic heterocycles. The van der Waals surface area contributed by atoms with Gasteiger partial charge < -0.3 is 9.47 Å². The normalized spacial score (nSPS) is 29.4. The second kappa shape index (κ2) is 10.8. The van der Waals surface area contributed by atoms with Crippen LogP contribution in [-0.4, -0.2) is 24.4 Å². The highest BCUT2D eigenvalue weighted by atomic mass is 16.6. The predicted molar refractivity (Wildman–Crippen MR) is 97.6 cm³/mol. The van der Waals surface area contributed by atoms with E-state index in [1.165, 1.54) is 32.1 Å². The SMILES string of the molecule is C=CCCCC=CCC1OC1CC=CCC1OC1CCCCC.